The first-order valence-corrected chi connectivity index (χ1v) is 36.0. The van der Waals surface area contributed by atoms with E-state index in [1.165, 1.54) is 48.2 Å². The smallest absolute Gasteiger partial charge is 0.160 e. The SMILES string of the molecule is C[Si](C)(C)c1ccc(N(c2ccccc2)c2cc3c(c4c2oc2ccccc24)-c2c(cc(N(c4ccccc4)c4ccc([Si](C)(C)C)cc4)c4c2oc2ccccc24)C32c3ccccc3N3c4ccccc4Sc4cccc2c43)cc1. The molecule has 16 rings (SSSR count). The van der Waals surface area contributed by atoms with Crippen LogP contribution in [-0.2, 0) is 5.41 Å². The van der Waals surface area contributed by atoms with Crippen molar-refractivity contribution in [3.05, 3.63) is 259 Å². The first-order valence-electron chi connectivity index (χ1n) is 28.2. The van der Waals surface area contributed by atoms with Crippen LogP contribution in [0.1, 0.15) is 22.3 Å². The van der Waals surface area contributed by atoms with Crippen molar-refractivity contribution in [2.45, 2.75) is 54.5 Å². The summed E-state index contributed by atoms with van der Waals surface area (Å²) in [7, 11) is -3.29. The molecule has 0 fully saturated rings. The summed E-state index contributed by atoms with van der Waals surface area (Å²) < 4.78 is 15.1. The van der Waals surface area contributed by atoms with E-state index in [1.807, 2.05) is 11.8 Å². The van der Waals surface area contributed by atoms with E-state index in [9.17, 15) is 0 Å². The van der Waals surface area contributed by atoms with Gasteiger partial charge in [-0.25, -0.2) is 0 Å². The van der Waals surface area contributed by atoms with E-state index in [0.717, 1.165) is 100 Å². The zero-order valence-corrected chi connectivity index (χ0v) is 48.9. The van der Waals surface area contributed by atoms with Crippen LogP contribution in [0, 0.1) is 0 Å². The van der Waals surface area contributed by atoms with Crippen molar-refractivity contribution in [1.29, 1.82) is 0 Å². The summed E-state index contributed by atoms with van der Waals surface area (Å²) in [6.07, 6.45) is 0. The van der Waals surface area contributed by atoms with E-state index in [4.69, 9.17) is 8.83 Å². The minimum absolute atomic E-state index is 0.822. The van der Waals surface area contributed by atoms with Crippen molar-refractivity contribution < 1.29 is 8.83 Å². The Morgan fingerprint density at radius 2 is 0.852 bits per heavy atom. The number of para-hydroxylation sites is 7. The number of hydrogen-bond acceptors (Lipinski definition) is 6. The molecule has 390 valence electrons. The fourth-order valence-corrected chi connectivity index (χ4v) is 17.1. The van der Waals surface area contributed by atoms with Crippen molar-refractivity contribution in [2.75, 3.05) is 14.7 Å². The minimum atomic E-state index is -1.65. The molecule has 1 atom stereocenters. The Morgan fingerprint density at radius 3 is 1.48 bits per heavy atom. The maximum absolute atomic E-state index is 7.63. The summed E-state index contributed by atoms with van der Waals surface area (Å²) in [6.45, 7) is 14.5. The van der Waals surface area contributed by atoms with E-state index in [-0.39, 0.29) is 0 Å². The Balaban J connectivity index is 1.12. The molecule has 1 spiro atoms. The van der Waals surface area contributed by atoms with Crippen molar-refractivity contribution in [2.24, 2.45) is 0 Å². The van der Waals surface area contributed by atoms with E-state index < -0.39 is 21.6 Å². The lowest BCUT2D eigenvalue weighted by molar-refractivity contribution is 0.668. The number of hydrogen-bond donors (Lipinski definition) is 0. The summed E-state index contributed by atoms with van der Waals surface area (Å²) >= 11 is 1.87. The van der Waals surface area contributed by atoms with Gasteiger partial charge in [-0.05, 0) is 119 Å². The quantitative estimate of drug-likeness (QED) is 0.141. The third kappa shape index (κ3) is 6.97. The topological polar surface area (TPSA) is 36.0 Å². The van der Waals surface area contributed by atoms with Crippen molar-refractivity contribution in [1.82, 2.24) is 0 Å². The van der Waals surface area contributed by atoms with Gasteiger partial charge < -0.3 is 23.5 Å². The molecular weight excluding hydrogens is 1040 g/mol. The molecule has 2 aromatic heterocycles. The molecule has 11 aromatic carbocycles. The Hall–Kier alpha value is -8.80. The highest BCUT2D eigenvalue weighted by molar-refractivity contribution is 7.99. The predicted molar refractivity (Wildman–Crippen MR) is 346 cm³/mol. The fraction of sp³-hybridized carbons (Fsp3) is 0.0959. The number of furan rings is 2. The lowest BCUT2D eigenvalue weighted by atomic mass is 9.64. The summed E-state index contributed by atoms with van der Waals surface area (Å²) in [5.41, 5.74) is 19.2. The second-order valence-electron chi connectivity index (χ2n) is 24.0. The summed E-state index contributed by atoms with van der Waals surface area (Å²) in [5, 5.41) is 7.08. The maximum atomic E-state index is 7.63. The largest absolute Gasteiger partial charge is 0.455 e. The highest BCUT2D eigenvalue weighted by Crippen LogP contribution is 2.70. The van der Waals surface area contributed by atoms with Crippen LogP contribution in [0.4, 0.5) is 51.2 Å². The van der Waals surface area contributed by atoms with Gasteiger partial charge in [0.2, 0.25) is 0 Å². The molecule has 0 bridgehead atoms. The Bertz CT molecular complexity index is 4710. The van der Waals surface area contributed by atoms with E-state index in [2.05, 4.69) is 291 Å². The van der Waals surface area contributed by atoms with Gasteiger partial charge in [-0.2, -0.15) is 0 Å². The molecular formula is C73H57N3O2SSi2. The second-order valence-corrected chi connectivity index (χ2v) is 35.2. The van der Waals surface area contributed by atoms with E-state index >= 15 is 0 Å². The van der Waals surface area contributed by atoms with Gasteiger partial charge in [0.1, 0.15) is 16.7 Å². The molecule has 0 amide bonds. The monoisotopic (exact) mass is 1100 g/mol. The highest BCUT2D eigenvalue weighted by atomic mass is 32.2. The van der Waals surface area contributed by atoms with Gasteiger partial charge >= 0.3 is 0 Å². The van der Waals surface area contributed by atoms with Crippen LogP contribution in [-0.4, -0.2) is 16.1 Å². The van der Waals surface area contributed by atoms with Crippen LogP contribution in [0.25, 0.3) is 55.0 Å². The Labute approximate surface area is 478 Å². The number of anilines is 9. The van der Waals surface area contributed by atoms with Gasteiger partial charge in [-0.3, -0.25) is 0 Å². The maximum Gasteiger partial charge on any atom is 0.160 e. The van der Waals surface area contributed by atoms with E-state index in [0.29, 0.717) is 0 Å². The number of benzene rings is 11. The van der Waals surface area contributed by atoms with Gasteiger partial charge in [0.05, 0.1) is 55.4 Å². The van der Waals surface area contributed by atoms with Crippen LogP contribution < -0.4 is 25.1 Å². The third-order valence-corrected chi connectivity index (χ3v) is 22.6. The zero-order chi connectivity index (χ0) is 54.5. The standard InChI is InChI=1S/C73H57N3O2SSi2/c1-80(2,3)50-40-36-48(37-41-50)74(46-22-9-7-10-23-46)60-44-57-69(72-66(60)52-26-13-18-32-62(52)78-72)68-56(73(57)54-28-15-16-30-58(54)76-59-31-17-20-34-64(59)79-65-35-21-29-55(73)70(65)76)45-61(71-67(68)53-27-14-19-33-63(53)77-71)75(47-24-11-8-12-25-47)49-38-42-51(43-39-49)81(4,5)6/h7-45H,1-6H3. The molecule has 2 aliphatic heterocycles. The molecule has 8 heteroatoms. The van der Waals surface area contributed by atoms with Crippen molar-refractivity contribution in [3.8, 4) is 11.1 Å². The molecule has 0 N–H and O–H groups in total. The second kappa shape index (κ2) is 17.6. The molecule has 4 heterocycles. The lowest BCUT2D eigenvalue weighted by Crippen LogP contribution is -2.37. The third-order valence-electron chi connectivity index (χ3n) is 17.3. The minimum Gasteiger partial charge on any atom is -0.455 e. The normalized spacial score (nSPS) is 15.0. The molecule has 1 aliphatic carbocycles. The first-order chi connectivity index (χ1) is 39.5. The van der Waals surface area contributed by atoms with Gasteiger partial charge in [0.15, 0.2) is 5.58 Å². The Morgan fingerprint density at radius 1 is 0.383 bits per heavy atom. The average Bonchev–Trinajstić information content (AvgIpc) is 1.79. The van der Waals surface area contributed by atoms with Gasteiger partial charge in [-0.1, -0.05) is 201 Å². The van der Waals surface area contributed by atoms with Crippen molar-refractivity contribution >= 4 is 133 Å². The molecule has 5 nitrogen and oxygen atoms in total. The molecule has 0 saturated carbocycles. The van der Waals surface area contributed by atoms with Crippen molar-refractivity contribution in [3.63, 3.8) is 0 Å². The zero-order valence-electron chi connectivity index (χ0n) is 46.1. The fourth-order valence-electron chi connectivity index (χ4n) is 13.6. The predicted octanol–water partition coefficient (Wildman–Crippen LogP) is 20.1. The van der Waals surface area contributed by atoms with Gasteiger partial charge in [0, 0.05) is 59.8 Å². The summed E-state index contributed by atoms with van der Waals surface area (Å²) in [4.78, 5) is 9.93. The van der Waals surface area contributed by atoms with Crippen LogP contribution in [0.15, 0.2) is 255 Å². The number of nitrogens with zero attached hydrogens (tertiary/aromatic N) is 3. The molecule has 3 aliphatic rings. The van der Waals surface area contributed by atoms with Crippen LogP contribution in [0.3, 0.4) is 0 Å². The van der Waals surface area contributed by atoms with Gasteiger partial charge in [0.25, 0.3) is 0 Å². The molecule has 0 saturated heterocycles. The molecule has 1 unspecified atom stereocenters. The molecule has 0 radical (unpaired) electrons. The first kappa shape index (κ1) is 48.1. The summed E-state index contributed by atoms with van der Waals surface area (Å²) in [6, 6.07) is 88.0. The highest BCUT2D eigenvalue weighted by Gasteiger charge is 2.56. The van der Waals surface area contributed by atoms with E-state index in [1.54, 1.807) is 0 Å². The summed E-state index contributed by atoms with van der Waals surface area (Å²) in [5.74, 6) is 0. The van der Waals surface area contributed by atoms with Crippen LogP contribution >= 0.6 is 11.8 Å². The van der Waals surface area contributed by atoms with Crippen LogP contribution in [0.5, 0.6) is 0 Å². The number of fused-ring (bicyclic) bond motifs is 19. The van der Waals surface area contributed by atoms with Crippen LogP contribution in [0.2, 0.25) is 39.3 Å². The van der Waals surface area contributed by atoms with Gasteiger partial charge in [-0.15, -0.1) is 0 Å². The molecule has 13 aromatic rings. The average molecular weight is 1100 g/mol. The lowest BCUT2D eigenvalue weighted by Gasteiger charge is -2.47. The molecule has 81 heavy (non-hydrogen) atoms. The Kier molecular flexibility index (Phi) is 10.5. The number of rotatable bonds is 8.